The van der Waals surface area contributed by atoms with Gasteiger partial charge in [0.25, 0.3) is 0 Å². The first-order chi connectivity index (χ1) is 10.6. The quantitative estimate of drug-likeness (QED) is 0.810. The van der Waals surface area contributed by atoms with Crippen molar-refractivity contribution in [1.82, 2.24) is 4.72 Å². The summed E-state index contributed by atoms with van der Waals surface area (Å²) in [4.78, 5) is -0.786. The molecule has 0 aliphatic rings. The van der Waals surface area contributed by atoms with Crippen molar-refractivity contribution in [2.45, 2.75) is 24.0 Å². The van der Waals surface area contributed by atoms with E-state index in [-0.39, 0.29) is 0 Å². The Kier molecular flexibility index (Phi) is 5.17. The fourth-order valence-electron chi connectivity index (χ4n) is 2.12. The largest absolute Gasteiger partial charge is 0.417 e. The van der Waals surface area contributed by atoms with Gasteiger partial charge in [0, 0.05) is 10.5 Å². The van der Waals surface area contributed by atoms with Crippen LogP contribution >= 0.6 is 15.9 Å². The first kappa shape index (κ1) is 18.0. The molecule has 2 aromatic carbocycles. The molecule has 0 aromatic heterocycles. The van der Waals surface area contributed by atoms with Crippen LogP contribution in [0.2, 0.25) is 0 Å². The lowest BCUT2D eigenvalue weighted by atomic mass is 10.1. The number of hydrogen-bond acceptors (Lipinski definition) is 2. The number of sulfonamides is 1. The fraction of sp³-hybridized carbons (Fsp3) is 0.200. The van der Waals surface area contributed by atoms with Gasteiger partial charge >= 0.3 is 6.18 Å². The number of nitrogens with one attached hydrogen (secondary N) is 1. The summed E-state index contributed by atoms with van der Waals surface area (Å²) in [6.45, 7) is 1.56. The Morgan fingerprint density at radius 2 is 1.61 bits per heavy atom. The van der Waals surface area contributed by atoms with E-state index < -0.39 is 32.7 Å². The predicted octanol–water partition coefficient (Wildman–Crippen LogP) is 4.51. The van der Waals surface area contributed by atoms with Crippen molar-refractivity contribution in [3.8, 4) is 0 Å². The Labute approximate surface area is 140 Å². The number of halogens is 4. The molecule has 124 valence electrons. The maximum atomic E-state index is 13.0. The Hall–Kier alpha value is -1.38. The molecule has 0 amide bonds. The zero-order valence-corrected chi connectivity index (χ0v) is 14.3. The first-order valence-corrected chi connectivity index (χ1v) is 8.83. The Morgan fingerprint density at radius 1 is 1.04 bits per heavy atom. The van der Waals surface area contributed by atoms with E-state index in [1.807, 2.05) is 0 Å². The molecule has 0 aliphatic carbocycles. The molecule has 0 spiro atoms. The van der Waals surface area contributed by atoms with Gasteiger partial charge in [0.2, 0.25) is 10.0 Å². The van der Waals surface area contributed by atoms with E-state index in [9.17, 15) is 21.6 Å². The first-order valence-electron chi connectivity index (χ1n) is 6.56. The number of alkyl halides is 3. The second kappa shape index (κ2) is 6.62. The lowest BCUT2D eigenvalue weighted by Gasteiger charge is -2.18. The van der Waals surface area contributed by atoms with Gasteiger partial charge in [0.05, 0.1) is 10.5 Å². The maximum absolute atomic E-state index is 13.0. The number of rotatable bonds is 4. The zero-order valence-electron chi connectivity index (χ0n) is 11.9. The maximum Gasteiger partial charge on any atom is 0.417 e. The van der Waals surface area contributed by atoms with Crippen LogP contribution < -0.4 is 4.72 Å². The van der Waals surface area contributed by atoms with Crippen LogP contribution in [0.5, 0.6) is 0 Å². The predicted molar refractivity (Wildman–Crippen MR) is 84.3 cm³/mol. The summed E-state index contributed by atoms with van der Waals surface area (Å²) in [6.07, 6.45) is -4.75. The van der Waals surface area contributed by atoms with E-state index in [2.05, 4.69) is 20.7 Å². The standard InChI is InChI=1S/C15H13BrF3NO2S/c1-10(11-6-2-4-8-13(11)16)20-23(21,22)14-9-5-3-7-12(14)15(17,18)19/h2-10,20H,1H3. The van der Waals surface area contributed by atoms with Crippen molar-refractivity contribution in [1.29, 1.82) is 0 Å². The van der Waals surface area contributed by atoms with Gasteiger partial charge in [-0.1, -0.05) is 46.3 Å². The highest BCUT2D eigenvalue weighted by Crippen LogP contribution is 2.34. The summed E-state index contributed by atoms with van der Waals surface area (Å²) in [6, 6.07) is 10.3. The third-order valence-electron chi connectivity index (χ3n) is 3.19. The van der Waals surface area contributed by atoms with Gasteiger partial charge in [-0.2, -0.15) is 13.2 Å². The van der Waals surface area contributed by atoms with E-state index in [1.54, 1.807) is 31.2 Å². The smallest absolute Gasteiger partial charge is 0.207 e. The molecule has 2 rings (SSSR count). The van der Waals surface area contributed by atoms with E-state index in [0.29, 0.717) is 10.0 Å². The number of hydrogen-bond donors (Lipinski definition) is 1. The summed E-state index contributed by atoms with van der Waals surface area (Å²) in [5, 5.41) is 0. The van der Waals surface area contributed by atoms with Crippen molar-refractivity contribution >= 4 is 26.0 Å². The van der Waals surface area contributed by atoms with Crippen LogP contribution in [0, 0.1) is 0 Å². The van der Waals surface area contributed by atoms with Crippen molar-refractivity contribution in [2.24, 2.45) is 0 Å². The van der Waals surface area contributed by atoms with Gasteiger partial charge in [0.1, 0.15) is 0 Å². The average molecular weight is 408 g/mol. The molecular formula is C15H13BrF3NO2S. The van der Waals surface area contributed by atoms with Crippen LogP contribution in [0.1, 0.15) is 24.1 Å². The van der Waals surface area contributed by atoms with Crippen molar-refractivity contribution < 1.29 is 21.6 Å². The van der Waals surface area contributed by atoms with Crippen molar-refractivity contribution in [3.63, 3.8) is 0 Å². The van der Waals surface area contributed by atoms with Gasteiger partial charge in [-0.15, -0.1) is 0 Å². The molecule has 0 fully saturated rings. The fourth-order valence-corrected chi connectivity index (χ4v) is 4.20. The van der Waals surface area contributed by atoms with Gasteiger partial charge in [-0.05, 0) is 30.7 Å². The molecule has 3 nitrogen and oxygen atoms in total. The lowest BCUT2D eigenvalue weighted by Crippen LogP contribution is -2.29. The molecule has 1 N–H and O–H groups in total. The summed E-state index contributed by atoms with van der Waals surface area (Å²) in [5.74, 6) is 0. The third-order valence-corrected chi connectivity index (χ3v) is 5.51. The van der Waals surface area contributed by atoms with E-state index in [1.165, 1.54) is 6.07 Å². The molecule has 23 heavy (non-hydrogen) atoms. The van der Waals surface area contributed by atoms with Crippen LogP contribution in [0.15, 0.2) is 57.9 Å². The second-order valence-electron chi connectivity index (χ2n) is 4.86. The summed E-state index contributed by atoms with van der Waals surface area (Å²) in [7, 11) is -4.33. The lowest BCUT2D eigenvalue weighted by molar-refractivity contribution is -0.139. The molecule has 0 saturated carbocycles. The monoisotopic (exact) mass is 407 g/mol. The van der Waals surface area contributed by atoms with Gasteiger partial charge in [0.15, 0.2) is 0 Å². The number of benzene rings is 2. The molecule has 0 aliphatic heterocycles. The molecular weight excluding hydrogens is 395 g/mol. The van der Waals surface area contributed by atoms with Crippen LogP contribution in [-0.4, -0.2) is 8.42 Å². The van der Waals surface area contributed by atoms with Crippen LogP contribution in [0.4, 0.5) is 13.2 Å². The summed E-state index contributed by atoms with van der Waals surface area (Å²) in [5.41, 5.74) is -0.563. The SMILES string of the molecule is CC(NS(=O)(=O)c1ccccc1C(F)(F)F)c1ccccc1Br. The van der Waals surface area contributed by atoms with Crippen molar-refractivity contribution in [3.05, 3.63) is 64.1 Å². The normalized spacial score (nSPS) is 13.8. The highest BCUT2D eigenvalue weighted by Gasteiger charge is 2.37. The van der Waals surface area contributed by atoms with E-state index in [0.717, 1.165) is 18.2 Å². The molecule has 0 bridgehead atoms. The minimum atomic E-state index is -4.75. The van der Waals surface area contributed by atoms with Crippen molar-refractivity contribution in [2.75, 3.05) is 0 Å². The Morgan fingerprint density at radius 3 is 2.22 bits per heavy atom. The van der Waals surface area contributed by atoms with Crippen LogP contribution in [-0.2, 0) is 16.2 Å². The minimum absolute atomic E-state index is 0.626. The zero-order chi connectivity index (χ0) is 17.3. The van der Waals surface area contributed by atoms with Gasteiger partial charge in [-0.3, -0.25) is 0 Å². The summed E-state index contributed by atoms with van der Waals surface area (Å²) < 4.78 is 66.7. The van der Waals surface area contributed by atoms with Gasteiger partial charge in [-0.25, -0.2) is 13.1 Å². The summed E-state index contributed by atoms with van der Waals surface area (Å²) >= 11 is 3.29. The molecule has 2 aromatic rings. The molecule has 1 unspecified atom stereocenters. The van der Waals surface area contributed by atoms with E-state index in [4.69, 9.17) is 0 Å². The molecule has 0 radical (unpaired) electrons. The molecule has 8 heteroatoms. The van der Waals surface area contributed by atoms with Gasteiger partial charge < -0.3 is 0 Å². The third kappa shape index (κ3) is 4.13. The highest BCUT2D eigenvalue weighted by molar-refractivity contribution is 9.10. The highest BCUT2D eigenvalue weighted by atomic mass is 79.9. The topological polar surface area (TPSA) is 46.2 Å². The Bertz CT molecular complexity index is 806. The minimum Gasteiger partial charge on any atom is -0.207 e. The molecule has 1 atom stereocenters. The van der Waals surface area contributed by atoms with Crippen LogP contribution in [0.25, 0.3) is 0 Å². The second-order valence-corrected chi connectivity index (χ2v) is 7.40. The van der Waals surface area contributed by atoms with E-state index >= 15 is 0 Å². The van der Waals surface area contributed by atoms with Crippen LogP contribution in [0.3, 0.4) is 0 Å². The average Bonchev–Trinajstić information content (AvgIpc) is 2.46. The Balaban J connectivity index is 2.39. The molecule has 0 heterocycles. The molecule has 0 saturated heterocycles.